The van der Waals surface area contributed by atoms with Crippen LogP contribution in [0.15, 0.2) is 42.1 Å². The van der Waals surface area contributed by atoms with Gasteiger partial charge in [-0.25, -0.2) is 0 Å². The fraction of sp³-hybridized carbons (Fsp3) is 0.304. The number of imide groups is 1. The van der Waals surface area contributed by atoms with Crippen molar-refractivity contribution in [3.63, 3.8) is 0 Å². The molecule has 0 aliphatic carbocycles. The molecule has 3 rings (SSSR count). The number of amides is 2. The van der Waals surface area contributed by atoms with E-state index in [4.69, 9.17) is 16.3 Å². The van der Waals surface area contributed by atoms with Crippen molar-refractivity contribution in [1.82, 2.24) is 4.90 Å². The number of hydrogen-bond acceptors (Lipinski definition) is 4. The van der Waals surface area contributed by atoms with E-state index in [1.807, 2.05) is 51.1 Å². The number of methoxy groups -OCH3 is 1. The summed E-state index contributed by atoms with van der Waals surface area (Å²) in [4.78, 5) is 27.6. The summed E-state index contributed by atoms with van der Waals surface area (Å²) in [6, 6.07) is 11.2. The lowest BCUT2D eigenvalue weighted by Gasteiger charge is -2.15. The lowest BCUT2D eigenvalue weighted by molar-refractivity contribution is -0.136. The molecule has 2 aromatic rings. The largest absolute Gasteiger partial charge is 0.385 e. The zero-order valence-corrected chi connectivity index (χ0v) is 17.9. The minimum Gasteiger partial charge on any atom is -0.385 e. The normalized spacial score (nSPS) is 14.2. The molecule has 1 N–H and O–H groups in total. The highest BCUT2D eigenvalue weighted by Gasteiger charge is 2.39. The molecule has 152 valence electrons. The molecule has 2 aromatic carbocycles. The van der Waals surface area contributed by atoms with Gasteiger partial charge in [-0.05, 0) is 67.6 Å². The second-order valence-corrected chi connectivity index (χ2v) is 7.68. The van der Waals surface area contributed by atoms with Crippen LogP contribution in [0.1, 0.15) is 28.7 Å². The third-order valence-corrected chi connectivity index (χ3v) is 5.38. The monoisotopic (exact) mass is 412 g/mol. The first-order valence-corrected chi connectivity index (χ1v) is 9.91. The van der Waals surface area contributed by atoms with E-state index in [9.17, 15) is 9.59 Å². The Bertz CT molecular complexity index is 998. The minimum atomic E-state index is -0.325. The number of benzene rings is 2. The maximum Gasteiger partial charge on any atom is 0.278 e. The molecular weight excluding hydrogens is 388 g/mol. The molecule has 2 amide bonds. The third kappa shape index (κ3) is 4.36. The molecule has 0 aromatic heterocycles. The Morgan fingerprint density at radius 1 is 0.966 bits per heavy atom. The molecule has 0 radical (unpaired) electrons. The second-order valence-electron chi connectivity index (χ2n) is 7.24. The van der Waals surface area contributed by atoms with Gasteiger partial charge in [-0.1, -0.05) is 29.8 Å². The average molecular weight is 413 g/mol. The van der Waals surface area contributed by atoms with E-state index in [0.717, 1.165) is 27.9 Å². The van der Waals surface area contributed by atoms with Crippen LogP contribution in [0.25, 0.3) is 5.57 Å². The smallest absolute Gasteiger partial charge is 0.278 e. The Labute approximate surface area is 176 Å². The van der Waals surface area contributed by atoms with Crippen molar-refractivity contribution in [2.24, 2.45) is 0 Å². The summed E-state index contributed by atoms with van der Waals surface area (Å²) < 4.78 is 5.07. The molecule has 1 aliphatic heterocycles. The highest BCUT2D eigenvalue weighted by molar-refractivity contribution is 6.36. The number of carbonyl (C=O) groups is 2. The Morgan fingerprint density at radius 3 is 2.38 bits per heavy atom. The van der Waals surface area contributed by atoms with Crippen LogP contribution in [-0.2, 0) is 14.3 Å². The SMILES string of the molecule is COCCCN1C(=O)C(Nc2ccc(Cl)cc2C)=C(c2ccc(C)c(C)c2)C1=O. The molecule has 1 aliphatic rings. The van der Waals surface area contributed by atoms with Crippen LogP contribution in [0.5, 0.6) is 0 Å². The van der Waals surface area contributed by atoms with Gasteiger partial charge in [0.15, 0.2) is 0 Å². The van der Waals surface area contributed by atoms with Gasteiger partial charge in [0.1, 0.15) is 5.70 Å². The van der Waals surface area contributed by atoms with E-state index in [0.29, 0.717) is 35.9 Å². The Morgan fingerprint density at radius 2 is 1.72 bits per heavy atom. The molecule has 0 fully saturated rings. The molecule has 0 saturated carbocycles. The van der Waals surface area contributed by atoms with Crippen LogP contribution in [0.2, 0.25) is 5.02 Å². The number of ether oxygens (including phenoxy) is 1. The fourth-order valence-corrected chi connectivity index (χ4v) is 3.56. The van der Waals surface area contributed by atoms with Crippen molar-refractivity contribution < 1.29 is 14.3 Å². The molecular formula is C23H25ClN2O3. The molecule has 5 nitrogen and oxygen atoms in total. The maximum absolute atomic E-state index is 13.2. The van der Waals surface area contributed by atoms with Crippen molar-refractivity contribution in [1.29, 1.82) is 0 Å². The number of anilines is 1. The Hall–Kier alpha value is -2.63. The number of rotatable bonds is 7. The van der Waals surface area contributed by atoms with Crippen LogP contribution < -0.4 is 5.32 Å². The first-order valence-electron chi connectivity index (χ1n) is 9.53. The predicted octanol–water partition coefficient (Wildman–Crippen LogP) is 4.49. The van der Waals surface area contributed by atoms with Gasteiger partial charge in [0.05, 0.1) is 5.57 Å². The molecule has 29 heavy (non-hydrogen) atoms. The number of aryl methyl sites for hydroxylation is 3. The summed E-state index contributed by atoms with van der Waals surface area (Å²) in [5, 5.41) is 3.81. The van der Waals surface area contributed by atoms with Gasteiger partial charge in [0, 0.05) is 31.0 Å². The van der Waals surface area contributed by atoms with Gasteiger partial charge in [-0.3, -0.25) is 14.5 Å². The first-order chi connectivity index (χ1) is 13.8. The topological polar surface area (TPSA) is 58.6 Å². The van der Waals surface area contributed by atoms with Crippen molar-refractivity contribution in [3.8, 4) is 0 Å². The molecule has 0 bridgehead atoms. The minimum absolute atomic E-state index is 0.288. The van der Waals surface area contributed by atoms with E-state index in [-0.39, 0.29) is 11.8 Å². The number of hydrogen-bond donors (Lipinski definition) is 1. The Balaban J connectivity index is 2.05. The lowest BCUT2D eigenvalue weighted by atomic mass is 9.99. The van der Waals surface area contributed by atoms with E-state index < -0.39 is 0 Å². The summed E-state index contributed by atoms with van der Waals surface area (Å²) in [7, 11) is 1.60. The summed E-state index contributed by atoms with van der Waals surface area (Å²) in [5.74, 6) is -0.614. The maximum atomic E-state index is 13.2. The van der Waals surface area contributed by atoms with Gasteiger partial charge >= 0.3 is 0 Å². The Kier molecular flexibility index (Phi) is 6.40. The second kappa shape index (κ2) is 8.80. The number of carbonyl (C=O) groups excluding carboxylic acids is 2. The van der Waals surface area contributed by atoms with Crippen molar-refractivity contribution >= 4 is 34.7 Å². The number of nitrogens with zero attached hydrogens (tertiary/aromatic N) is 1. The highest BCUT2D eigenvalue weighted by atomic mass is 35.5. The lowest BCUT2D eigenvalue weighted by Crippen LogP contribution is -2.34. The molecule has 1 heterocycles. The zero-order chi connectivity index (χ0) is 21.1. The van der Waals surface area contributed by atoms with E-state index in [1.54, 1.807) is 13.2 Å². The summed E-state index contributed by atoms with van der Waals surface area (Å²) in [6.45, 7) is 6.71. The number of nitrogens with one attached hydrogen (secondary N) is 1. The van der Waals surface area contributed by atoms with Gasteiger partial charge in [0.25, 0.3) is 11.8 Å². The van der Waals surface area contributed by atoms with Crippen LogP contribution in [-0.4, -0.2) is 37.0 Å². The van der Waals surface area contributed by atoms with Gasteiger partial charge < -0.3 is 10.1 Å². The summed E-state index contributed by atoms with van der Waals surface area (Å²) in [5.41, 5.74) is 5.25. The first kappa shape index (κ1) is 21.1. The van der Waals surface area contributed by atoms with Crippen LogP contribution in [0, 0.1) is 20.8 Å². The van der Waals surface area contributed by atoms with E-state index in [1.165, 1.54) is 4.90 Å². The zero-order valence-electron chi connectivity index (χ0n) is 17.1. The average Bonchev–Trinajstić information content (AvgIpc) is 2.90. The molecule has 6 heteroatoms. The van der Waals surface area contributed by atoms with Crippen molar-refractivity contribution in [2.75, 3.05) is 25.6 Å². The standard InChI is InChI=1S/C23H25ClN2O3/c1-14-6-7-17(12-15(14)2)20-21(25-19-9-8-18(24)13-16(19)3)23(28)26(22(20)27)10-5-11-29-4/h6-9,12-13,25H,5,10-11H2,1-4H3. The molecule has 0 saturated heterocycles. The quantitative estimate of drug-likeness (QED) is 0.537. The summed E-state index contributed by atoms with van der Waals surface area (Å²) >= 11 is 6.06. The predicted molar refractivity (Wildman–Crippen MR) is 116 cm³/mol. The van der Waals surface area contributed by atoms with Gasteiger partial charge in [-0.2, -0.15) is 0 Å². The van der Waals surface area contributed by atoms with Crippen LogP contribution in [0.3, 0.4) is 0 Å². The van der Waals surface area contributed by atoms with Gasteiger partial charge in [0.2, 0.25) is 0 Å². The van der Waals surface area contributed by atoms with E-state index >= 15 is 0 Å². The van der Waals surface area contributed by atoms with Crippen molar-refractivity contribution in [2.45, 2.75) is 27.2 Å². The van der Waals surface area contributed by atoms with Crippen LogP contribution >= 0.6 is 11.6 Å². The third-order valence-electron chi connectivity index (χ3n) is 5.14. The summed E-state index contributed by atoms with van der Waals surface area (Å²) in [6.07, 6.45) is 0.585. The number of halogens is 1. The fourth-order valence-electron chi connectivity index (χ4n) is 3.33. The molecule has 0 atom stereocenters. The highest BCUT2D eigenvalue weighted by Crippen LogP contribution is 2.32. The molecule has 0 unspecified atom stereocenters. The van der Waals surface area contributed by atoms with E-state index in [2.05, 4.69) is 5.32 Å². The van der Waals surface area contributed by atoms with Gasteiger partial charge in [-0.15, -0.1) is 0 Å². The van der Waals surface area contributed by atoms with Crippen LogP contribution in [0.4, 0.5) is 5.69 Å². The molecule has 0 spiro atoms. The van der Waals surface area contributed by atoms with Crippen molar-refractivity contribution in [3.05, 3.63) is 69.4 Å².